The van der Waals surface area contributed by atoms with E-state index in [1.165, 1.54) is 0 Å². The molecule has 0 unspecified atom stereocenters. The molecule has 0 spiro atoms. The van der Waals surface area contributed by atoms with Crippen molar-refractivity contribution in [3.05, 3.63) is 60.0 Å². The van der Waals surface area contributed by atoms with Crippen molar-refractivity contribution in [3.63, 3.8) is 0 Å². The van der Waals surface area contributed by atoms with E-state index in [-0.39, 0.29) is 6.04 Å². The molecule has 0 saturated heterocycles. The maximum Gasteiger partial charge on any atom is 0.225 e. The van der Waals surface area contributed by atoms with Gasteiger partial charge in [0.1, 0.15) is 5.82 Å². The van der Waals surface area contributed by atoms with E-state index in [0.717, 1.165) is 41.9 Å². The molecular formula is C18H18N6. The Kier molecular flexibility index (Phi) is 3.78. The van der Waals surface area contributed by atoms with E-state index in [2.05, 4.69) is 20.3 Å². The van der Waals surface area contributed by atoms with E-state index in [1.807, 2.05) is 36.5 Å². The van der Waals surface area contributed by atoms with Crippen LogP contribution in [0.2, 0.25) is 0 Å². The van der Waals surface area contributed by atoms with Gasteiger partial charge in [-0.2, -0.15) is 4.98 Å². The lowest BCUT2D eigenvalue weighted by Crippen LogP contribution is -2.20. The molecule has 0 radical (unpaired) electrons. The van der Waals surface area contributed by atoms with Gasteiger partial charge in [-0.25, -0.2) is 15.0 Å². The molecule has 3 N–H and O–H groups in total. The topological polar surface area (TPSA) is 89.6 Å². The van der Waals surface area contributed by atoms with Gasteiger partial charge >= 0.3 is 0 Å². The highest BCUT2D eigenvalue weighted by atomic mass is 15.1. The van der Waals surface area contributed by atoms with Crippen LogP contribution < -0.4 is 11.1 Å². The van der Waals surface area contributed by atoms with Crippen LogP contribution in [0.1, 0.15) is 30.1 Å². The zero-order valence-corrected chi connectivity index (χ0v) is 13.2. The summed E-state index contributed by atoms with van der Waals surface area (Å²) in [6.45, 7) is 0. The number of nitrogen functional groups attached to an aromatic ring is 1. The van der Waals surface area contributed by atoms with Crippen LogP contribution in [0.15, 0.2) is 48.8 Å². The van der Waals surface area contributed by atoms with Gasteiger partial charge < -0.3 is 11.1 Å². The molecule has 1 aliphatic carbocycles. The first-order valence-corrected chi connectivity index (χ1v) is 8.06. The highest BCUT2D eigenvalue weighted by molar-refractivity contribution is 5.55. The maximum absolute atomic E-state index is 5.73. The summed E-state index contributed by atoms with van der Waals surface area (Å²) in [5.41, 5.74) is 8.97. The van der Waals surface area contributed by atoms with E-state index < -0.39 is 0 Å². The number of anilines is 2. The summed E-state index contributed by atoms with van der Waals surface area (Å²) >= 11 is 0. The summed E-state index contributed by atoms with van der Waals surface area (Å²) in [6, 6.07) is 11.8. The van der Waals surface area contributed by atoms with Crippen molar-refractivity contribution in [2.24, 2.45) is 0 Å². The Balaban J connectivity index is 1.63. The molecule has 0 saturated carbocycles. The summed E-state index contributed by atoms with van der Waals surface area (Å²) in [4.78, 5) is 17.8. The first-order valence-electron chi connectivity index (χ1n) is 8.06. The maximum atomic E-state index is 5.73. The zero-order chi connectivity index (χ0) is 16.4. The second-order valence-corrected chi connectivity index (χ2v) is 5.86. The molecule has 0 aliphatic heterocycles. The number of hydrogen-bond acceptors (Lipinski definition) is 6. The van der Waals surface area contributed by atoms with Crippen molar-refractivity contribution in [2.75, 3.05) is 11.1 Å². The largest absolute Gasteiger partial charge is 0.384 e. The lowest BCUT2D eigenvalue weighted by atomic mass is 9.92. The van der Waals surface area contributed by atoms with Gasteiger partial charge in [0.15, 0.2) is 5.82 Å². The number of aromatic nitrogens is 4. The minimum atomic E-state index is 0.111. The minimum absolute atomic E-state index is 0.111. The van der Waals surface area contributed by atoms with Crippen LogP contribution in [0.5, 0.6) is 0 Å². The van der Waals surface area contributed by atoms with Gasteiger partial charge in [0.2, 0.25) is 5.95 Å². The van der Waals surface area contributed by atoms with Gasteiger partial charge in [0.05, 0.1) is 6.04 Å². The lowest BCUT2D eigenvalue weighted by molar-refractivity contribution is 0.581. The number of rotatable bonds is 3. The van der Waals surface area contributed by atoms with Crippen molar-refractivity contribution in [1.82, 2.24) is 19.9 Å². The van der Waals surface area contributed by atoms with E-state index in [4.69, 9.17) is 10.7 Å². The first kappa shape index (κ1) is 14.6. The molecule has 1 aliphatic rings. The summed E-state index contributed by atoms with van der Waals surface area (Å²) in [5, 5.41) is 3.35. The van der Waals surface area contributed by atoms with Crippen LogP contribution in [0.3, 0.4) is 0 Å². The first-order chi connectivity index (χ1) is 11.8. The summed E-state index contributed by atoms with van der Waals surface area (Å²) < 4.78 is 0. The smallest absolute Gasteiger partial charge is 0.225 e. The number of hydrogen-bond donors (Lipinski definition) is 2. The predicted octanol–water partition coefficient (Wildman–Crippen LogP) is 3.01. The normalized spacial score (nSPS) is 16.4. The molecule has 120 valence electrons. The molecule has 0 amide bonds. The molecule has 2 aromatic heterocycles. The van der Waals surface area contributed by atoms with Gasteiger partial charge in [-0.3, -0.25) is 0 Å². The fraction of sp³-hybridized carbons (Fsp3) is 0.222. The van der Waals surface area contributed by atoms with Gasteiger partial charge in [0, 0.05) is 29.2 Å². The molecule has 3 aromatic rings. The van der Waals surface area contributed by atoms with Crippen LogP contribution in [-0.4, -0.2) is 19.9 Å². The second kappa shape index (κ2) is 6.23. The van der Waals surface area contributed by atoms with Crippen molar-refractivity contribution >= 4 is 11.8 Å². The van der Waals surface area contributed by atoms with E-state index in [0.29, 0.717) is 11.8 Å². The van der Waals surface area contributed by atoms with Gasteiger partial charge in [-0.1, -0.05) is 30.3 Å². The van der Waals surface area contributed by atoms with Crippen molar-refractivity contribution in [1.29, 1.82) is 0 Å². The molecular weight excluding hydrogens is 300 g/mol. The third-order valence-electron chi connectivity index (χ3n) is 4.19. The van der Waals surface area contributed by atoms with Crippen molar-refractivity contribution < 1.29 is 0 Å². The quantitative estimate of drug-likeness (QED) is 0.771. The third-order valence-corrected chi connectivity index (χ3v) is 4.19. The lowest BCUT2D eigenvalue weighted by Gasteiger charge is -2.25. The number of nitrogens with zero attached hydrogens (tertiary/aromatic N) is 4. The Morgan fingerprint density at radius 1 is 1.04 bits per heavy atom. The highest BCUT2D eigenvalue weighted by Gasteiger charge is 2.23. The van der Waals surface area contributed by atoms with Crippen molar-refractivity contribution in [2.45, 2.75) is 25.3 Å². The van der Waals surface area contributed by atoms with E-state index in [9.17, 15) is 0 Å². The molecule has 1 atom stereocenters. The van der Waals surface area contributed by atoms with E-state index in [1.54, 1.807) is 12.3 Å². The molecule has 0 fully saturated rings. The van der Waals surface area contributed by atoms with E-state index >= 15 is 0 Å². The van der Waals surface area contributed by atoms with Crippen molar-refractivity contribution in [3.8, 4) is 11.4 Å². The number of nitrogens with two attached hydrogens (primary N) is 1. The Bertz CT molecular complexity index is 849. The van der Waals surface area contributed by atoms with Crippen LogP contribution in [0.4, 0.5) is 11.8 Å². The standard InChI is InChI=1S/C18H18N6/c19-16-9-10-20-18(24-16)23-15-8-4-7-14-13(15)11-21-17(22-14)12-5-2-1-3-6-12/h1-3,5-6,9-11,15H,4,7-8H2,(H3,19,20,23,24)/t15-/m0/s1. The second-order valence-electron chi connectivity index (χ2n) is 5.86. The average Bonchev–Trinajstić information content (AvgIpc) is 2.62. The Morgan fingerprint density at radius 3 is 2.75 bits per heavy atom. The monoisotopic (exact) mass is 318 g/mol. The van der Waals surface area contributed by atoms with Crippen LogP contribution in [-0.2, 0) is 6.42 Å². The predicted molar refractivity (Wildman–Crippen MR) is 93.2 cm³/mol. The number of aryl methyl sites for hydroxylation is 1. The Hall–Kier alpha value is -3.02. The molecule has 0 bridgehead atoms. The van der Waals surface area contributed by atoms with Gasteiger partial charge in [-0.05, 0) is 25.3 Å². The van der Waals surface area contributed by atoms with Gasteiger partial charge in [0.25, 0.3) is 0 Å². The third kappa shape index (κ3) is 2.90. The zero-order valence-electron chi connectivity index (χ0n) is 13.2. The molecule has 2 heterocycles. The summed E-state index contributed by atoms with van der Waals surface area (Å²) in [5.74, 6) is 1.77. The molecule has 1 aromatic carbocycles. The Morgan fingerprint density at radius 2 is 1.92 bits per heavy atom. The summed E-state index contributed by atoms with van der Waals surface area (Å²) in [7, 11) is 0. The molecule has 6 nitrogen and oxygen atoms in total. The molecule has 6 heteroatoms. The fourth-order valence-electron chi connectivity index (χ4n) is 3.02. The Labute approximate surface area is 140 Å². The molecule has 24 heavy (non-hydrogen) atoms. The van der Waals surface area contributed by atoms with Crippen LogP contribution in [0.25, 0.3) is 11.4 Å². The number of fused-ring (bicyclic) bond motifs is 1. The van der Waals surface area contributed by atoms with Crippen LogP contribution >= 0.6 is 0 Å². The molecule has 4 rings (SSSR count). The number of benzene rings is 1. The highest BCUT2D eigenvalue weighted by Crippen LogP contribution is 2.31. The SMILES string of the molecule is Nc1ccnc(N[C@H]2CCCc3nc(-c4ccccc4)ncc32)n1. The number of nitrogens with one attached hydrogen (secondary N) is 1. The summed E-state index contributed by atoms with van der Waals surface area (Å²) in [6.07, 6.45) is 6.61. The van der Waals surface area contributed by atoms with Crippen LogP contribution in [0, 0.1) is 0 Å². The average molecular weight is 318 g/mol. The minimum Gasteiger partial charge on any atom is -0.384 e. The van der Waals surface area contributed by atoms with Gasteiger partial charge in [-0.15, -0.1) is 0 Å². The fourth-order valence-corrected chi connectivity index (χ4v) is 3.02.